The highest BCUT2D eigenvalue weighted by Crippen LogP contribution is 2.54. The molecule has 0 saturated carbocycles. The van der Waals surface area contributed by atoms with E-state index in [-0.39, 0.29) is 57.0 Å². The number of likely N-dealkylation sites (N-methyl/N-ethyl adjacent to an activating group) is 1. The van der Waals surface area contributed by atoms with Crippen LogP contribution in [0, 0.1) is 0 Å². The quantitative estimate of drug-likeness (QED) is 0.345. The first-order chi connectivity index (χ1) is 20.5. The van der Waals surface area contributed by atoms with Gasteiger partial charge in [-0.05, 0) is 48.9 Å². The Balaban J connectivity index is 1.69. The number of para-hydroxylation sites is 1. The average molecular weight is 622 g/mol. The molecule has 2 aliphatic rings. The van der Waals surface area contributed by atoms with Crippen molar-refractivity contribution < 1.29 is 27.9 Å². The smallest absolute Gasteiger partial charge is 0.273 e. The molecule has 4 heterocycles. The van der Waals surface area contributed by atoms with E-state index in [1.54, 1.807) is 55.4 Å². The third kappa shape index (κ3) is 4.27. The van der Waals surface area contributed by atoms with Crippen molar-refractivity contribution in [3.8, 4) is 5.88 Å². The lowest BCUT2D eigenvalue weighted by molar-refractivity contribution is -0.138. The zero-order valence-electron chi connectivity index (χ0n) is 23.5. The number of anilines is 1. The molecule has 2 aliphatic heterocycles. The van der Waals surface area contributed by atoms with E-state index in [0.29, 0.717) is 5.39 Å². The van der Waals surface area contributed by atoms with E-state index in [0.717, 1.165) is 4.31 Å². The summed E-state index contributed by atoms with van der Waals surface area (Å²) in [6.45, 7) is -0.121. The third-order valence-corrected chi connectivity index (χ3v) is 9.93. The average Bonchev–Trinajstić information content (AvgIpc) is 3.51. The Morgan fingerprint density at radius 3 is 2.53 bits per heavy atom. The summed E-state index contributed by atoms with van der Waals surface area (Å²) in [5.41, 5.74) is -1.32. The van der Waals surface area contributed by atoms with Crippen LogP contribution in [0.1, 0.15) is 17.5 Å². The van der Waals surface area contributed by atoms with Gasteiger partial charge in [-0.15, -0.1) is 0 Å². The van der Waals surface area contributed by atoms with Crippen LogP contribution in [0.5, 0.6) is 5.88 Å². The number of rotatable bonds is 6. The molecule has 0 bridgehead atoms. The first-order valence-electron chi connectivity index (χ1n) is 13.4. The zero-order valence-corrected chi connectivity index (χ0v) is 25.1. The number of sulfonamides is 1. The fourth-order valence-corrected chi connectivity index (χ4v) is 8.01. The molecule has 2 aromatic heterocycles. The van der Waals surface area contributed by atoms with Crippen LogP contribution >= 0.6 is 11.6 Å². The maximum Gasteiger partial charge on any atom is 0.273 e. The number of hydrogen-bond donors (Lipinski definition) is 1. The number of likely N-dealkylation sites (tertiary alicyclic amines) is 1. The van der Waals surface area contributed by atoms with Crippen LogP contribution in [0.15, 0.2) is 78.0 Å². The van der Waals surface area contributed by atoms with E-state index < -0.39 is 33.6 Å². The minimum Gasteiger partial charge on any atom is -0.481 e. The number of aliphatic hydroxyl groups excluding tert-OH is 1. The second kappa shape index (κ2) is 10.6. The summed E-state index contributed by atoms with van der Waals surface area (Å²) in [6, 6.07) is 14.8. The van der Waals surface area contributed by atoms with E-state index in [2.05, 4.69) is 9.97 Å². The first kappa shape index (κ1) is 29.0. The van der Waals surface area contributed by atoms with Gasteiger partial charge in [-0.25, -0.2) is 17.7 Å². The van der Waals surface area contributed by atoms with Crippen molar-refractivity contribution in [2.75, 3.05) is 32.1 Å². The zero-order chi connectivity index (χ0) is 30.7. The largest absolute Gasteiger partial charge is 0.481 e. The number of β-amino-alcohol motifs (C(OH)–C–C–N with tert-alkyl or cyclic N) is 1. The van der Waals surface area contributed by atoms with Crippen LogP contribution in [0.3, 0.4) is 0 Å². The van der Waals surface area contributed by atoms with Gasteiger partial charge in [0.25, 0.3) is 15.9 Å². The van der Waals surface area contributed by atoms with Gasteiger partial charge in [-0.1, -0.05) is 29.8 Å². The van der Waals surface area contributed by atoms with Crippen LogP contribution in [-0.4, -0.2) is 85.0 Å². The number of pyridine rings is 2. The number of carbonyl (C=O) groups is 2. The molecule has 4 aromatic rings. The molecule has 2 amide bonds. The molecule has 1 unspecified atom stereocenters. The Kier molecular flexibility index (Phi) is 7.12. The monoisotopic (exact) mass is 621 g/mol. The van der Waals surface area contributed by atoms with Gasteiger partial charge in [0.1, 0.15) is 4.90 Å². The lowest BCUT2D eigenvalue weighted by Crippen LogP contribution is -2.59. The number of halogens is 1. The minimum absolute atomic E-state index is 0.0184. The first-order valence-corrected chi connectivity index (χ1v) is 15.2. The number of amides is 2. The van der Waals surface area contributed by atoms with E-state index in [4.69, 9.17) is 16.3 Å². The third-order valence-electron chi connectivity index (χ3n) is 7.97. The lowest BCUT2D eigenvalue weighted by atomic mass is 9.81. The molecule has 6 rings (SSSR count). The summed E-state index contributed by atoms with van der Waals surface area (Å²) in [5.74, 6) is -1.21. The summed E-state index contributed by atoms with van der Waals surface area (Å²) in [6.07, 6.45) is 1.99. The highest BCUT2D eigenvalue weighted by atomic mass is 35.5. The van der Waals surface area contributed by atoms with Crippen molar-refractivity contribution in [1.82, 2.24) is 19.8 Å². The van der Waals surface area contributed by atoms with Crippen molar-refractivity contribution in [3.05, 3.63) is 89.2 Å². The SMILES string of the molecule is COc1ncccc1C1(N2C[C@H](O)C[C@H]2C(=O)N(C)C)C(=O)N(S(=O)(=O)c2cccc3cccnc23)c2ccc(Cl)cc21. The fraction of sp³-hybridized carbons (Fsp3) is 0.267. The number of methoxy groups -OCH3 is 1. The fourth-order valence-electron chi connectivity index (χ4n) is 6.21. The number of fused-ring (bicyclic) bond motifs is 2. The number of nitrogens with zero attached hydrogens (tertiary/aromatic N) is 5. The van der Waals surface area contributed by atoms with Crippen molar-refractivity contribution in [3.63, 3.8) is 0 Å². The van der Waals surface area contributed by atoms with Crippen LogP contribution in [0.25, 0.3) is 10.9 Å². The van der Waals surface area contributed by atoms with Crippen molar-refractivity contribution in [1.29, 1.82) is 0 Å². The van der Waals surface area contributed by atoms with Crippen LogP contribution < -0.4 is 9.04 Å². The molecule has 2 aromatic carbocycles. The molecule has 1 fully saturated rings. The Bertz CT molecular complexity index is 1880. The lowest BCUT2D eigenvalue weighted by Gasteiger charge is -2.41. The number of ether oxygens (including phenoxy) is 1. The highest BCUT2D eigenvalue weighted by molar-refractivity contribution is 7.93. The van der Waals surface area contributed by atoms with Gasteiger partial charge < -0.3 is 14.7 Å². The van der Waals surface area contributed by atoms with Gasteiger partial charge in [-0.2, -0.15) is 0 Å². The second-order valence-corrected chi connectivity index (χ2v) is 12.8. The number of carbonyl (C=O) groups excluding carboxylic acids is 2. The molecule has 0 radical (unpaired) electrons. The Labute approximate surface area is 253 Å². The van der Waals surface area contributed by atoms with Gasteiger partial charge in [0.15, 0.2) is 5.54 Å². The van der Waals surface area contributed by atoms with Gasteiger partial charge >= 0.3 is 0 Å². The van der Waals surface area contributed by atoms with E-state index in [1.165, 1.54) is 48.7 Å². The standard InChI is InChI=1S/C30H28ClN5O6S/c1-34(2)28(38)24-16-20(37)17-35(24)30(21-9-6-14-33-27(21)42-3)22-15-19(31)11-12-23(22)36(29(30)39)43(40,41)25-10-4-7-18-8-5-13-32-26(18)25/h4-15,20,24,37H,16-17H2,1-3H3/t20-,24+,30?/m1/s1. The molecule has 11 nitrogen and oxygen atoms in total. The van der Waals surface area contributed by atoms with Gasteiger partial charge in [-0.3, -0.25) is 19.5 Å². The predicted molar refractivity (Wildman–Crippen MR) is 159 cm³/mol. The highest BCUT2D eigenvalue weighted by Gasteiger charge is 2.64. The maximum atomic E-state index is 15.2. The molecule has 43 heavy (non-hydrogen) atoms. The van der Waals surface area contributed by atoms with Crippen LogP contribution in [0.2, 0.25) is 5.02 Å². The number of aliphatic hydroxyl groups is 1. The summed E-state index contributed by atoms with van der Waals surface area (Å²) in [7, 11) is -0.0647. The van der Waals surface area contributed by atoms with Crippen molar-refractivity contribution >= 4 is 50.0 Å². The molecule has 1 N–H and O–H groups in total. The molecular formula is C30H28ClN5O6S. The van der Waals surface area contributed by atoms with E-state index in [9.17, 15) is 18.3 Å². The Morgan fingerprint density at radius 2 is 1.79 bits per heavy atom. The van der Waals surface area contributed by atoms with E-state index in [1.807, 2.05) is 0 Å². The summed E-state index contributed by atoms with van der Waals surface area (Å²) in [4.78, 5) is 40.2. The molecule has 1 saturated heterocycles. The minimum atomic E-state index is -4.60. The molecule has 222 valence electrons. The Morgan fingerprint density at radius 1 is 1.07 bits per heavy atom. The molecule has 0 spiro atoms. The van der Waals surface area contributed by atoms with E-state index >= 15 is 4.79 Å². The van der Waals surface area contributed by atoms with Crippen LogP contribution in [0.4, 0.5) is 5.69 Å². The van der Waals surface area contributed by atoms with Gasteiger partial charge in [0.2, 0.25) is 11.8 Å². The molecule has 0 aliphatic carbocycles. The summed E-state index contributed by atoms with van der Waals surface area (Å²) in [5, 5.41) is 11.7. The van der Waals surface area contributed by atoms with Gasteiger partial charge in [0, 0.05) is 54.6 Å². The maximum absolute atomic E-state index is 15.2. The summed E-state index contributed by atoms with van der Waals surface area (Å²) < 4.78 is 35.6. The van der Waals surface area contributed by atoms with Crippen molar-refractivity contribution in [2.24, 2.45) is 0 Å². The normalized spacial score (nSPS) is 22.2. The molecule has 3 atom stereocenters. The second-order valence-electron chi connectivity index (χ2n) is 10.6. The van der Waals surface area contributed by atoms with Crippen LogP contribution in [-0.2, 0) is 25.2 Å². The molecular weight excluding hydrogens is 594 g/mol. The number of hydrogen-bond acceptors (Lipinski definition) is 9. The molecule has 13 heteroatoms. The van der Waals surface area contributed by atoms with Gasteiger partial charge in [0.05, 0.1) is 30.5 Å². The Hall–Kier alpha value is -4.10. The number of aromatic nitrogens is 2. The topological polar surface area (TPSA) is 133 Å². The number of benzene rings is 2. The summed E-state index contributed by atoms with van der Waals surface area (Å²) >= 11 is 6.52. The predicted octanol–water partition coefficient (Wildman–Crippen LogP) is 2.79. The van der Waals surface area contributed by atoms with Crippen molar-refractivity contribution in [2.45, 2.75) is 29.0 Å².